The zero-order valence-electron chi connectivity index (χ0n) is 61.2. The summed E-state index contributed by atoms with van der Waals surface area (Å²) in [5.41, 5.74) is 0. The van der Waals surface area contributed by atoms with E-state index in [4.69, 9.17) is 66.8 Å². The molecule has 0 heterocycles. The average molecular weight is 1410 g/mol. The Kier molecular flexibility index (Phi) is 116. The van der Waals surface area contributed by atoms with Crippen LogP contribution in [0.25, 0.3) is 0 Å². The quantitative estimate of drug-likeness (QED) is 0.0237. The molecule has 0 unspecified atom stereocenters. The molecule has 0 aliphatic rings. The molecule has 92 heavy (non-hydrogen) atoms. The number of unbranched alkanes of at least 4 members (excludes halogenated alkanes) is 54. The molecule has 0 fully saturated rings. The second kappa shape index (κ2) is 97.9. The van der Waals surface area contributed by atoms with E-state index in [9.17, 15) is 0 Å². The van der Waals surface area contributed by atoms with E-state index in [1.165, 1.54) is 385 Å². The first kappa shape index (κ1) is 109. The molecule has 0 aromatic rings. The topological polar surface area (TPSA) is 268 Å². The van der Waals surface area contributed by atoms with Crippen LogP contribution in [0.15, 0.2) is 0 Å². The van der Waals surface area contributed by atoms with Crippen molar-refractivity contribution >= 4 is 65.9 Å². The number of ether oxygens (including phenoxy) is 3. The van der Waals surface area contributed by atoms with Crippen molar-refractivity contribution in [2.24, 2.45) is 0 Å². The minimum absolute atomic E-state index is 0. The minimum Gasteiger partial charge on any atom is -0.759 e. The largest absolute Gasteiger partial charge is 3.00 e. The van der Waals surface area contributed by atoms with Gasteiger partial charge in [-0.3, -0.25) is 25.3 Å². The Morgan fingerprint density at radius 3 is 0.304 bits per heavy atom. The van der Waals surface area contributed by atoms with Crippen molar-refractivity contribution in [1.29, 1.82) is 0 Å². The van der Waals surface area contributed by atoms with Crippen LogP contribution in [0, 0.1) is 0 Å². The second-order valence-electron chi connectivity index (χ2n) is 25.2. The van der Waals surface area contributed by atoms with Crippen LogP contribution in [0.2, 0.25) is 0 Å². The number of hydrogen-bond acceptors (Lipinski definition) is 15. The molecule has 15 nitrogen and oxygen atoms in total. The summed E-state index contributed by atoms with van der Waals surface area (Å²) in [6, 6.07) is 0. The summed E-state index contributed by atoms with van der Waals surface area (Å²) >= 11 is 0. The first-order chi connectivity index (χ1) is 43.2. The molecule has 0 atom stereocenters. The number of rotatable bonds is 66. The van der Waals surface area contributed by atoms with E-state index in [0.29, 0.717) is 0 Å². The second-order valence-corrected chi connectivity index (χ2v) is 27.6. The summed E-state index contributed by atoms with van der Waals surface area (Å²) in [6.45, 7) is 19.7. The predicted molar refractivity (Wildman–Crippen MR) is 386 cm³/mol. The molecule has 0 bridgehead atoms. The average Bonchev–Trinajstić information content (AvgIpc) is 3.49. The van der Waals surface area contributed by atoms with Gasteiger partial charge in [0.1, 0.15) is 0 Å². The van der Waals surface area contributed by atoms with Crippen LogP contribution in [0.1, 0.15) is 427 Å². The van der Waals surface area contributed by atoms with Gasteiger partial charge >= 0.3 is 34.7 Å². The van der Waals surface area contributed by atoms with E-state index in [2.05, 4.69) is 41.5 Å². The Hall–Kier alpha value is 0.555. The summed E-state index contributed by atoms with van der Waals surface area (Å²) in [4.78, 5) is 0. The summed E-state index contributed by atoms with van der Waals surface area (Å²) in [7, 11) is -15.5. The van der Waals surface area contributed by atoms with Crippen molar-refractivity contribution in [2.75, 3.05) is 39.6 Å². The maximum atomic E-state index is 8.52. The van der Waals surface area contributed by atoms with E-state index in [0.717, 1.165) is 39.6 Å². The maximum absolute atomic E-state index is 8.52. The van der Waals surface area contributed by atoms with Crippen LogP contribution in [-0.2, 0) is 45.4 Å². The Morgan fingerprint density at radius 1 is 0.163 bits per heavy atom. The molecule has 0 saturated carbocycles. The Bertz CT molecular complexity index is 1300. The Labute approximate surface area is 595 Å². The van der Waals surface area contributed by atoms with Crippen molar-refractivity contribution < 1.29 is 66.8 Å². The molecule has 0 aliphatic heterocycles. The van der Waals surface area contributed by atoms with Crippen LogP contribution in [0.3, 0.4) is 0 Å². The molecule has 0 amide bonds. The number of hydrogen-bond donors (Lipinski definition) is 0. The van der Waals surface area contributed by atoms with Gasteiger partial charge in [-0.2, -0.15) is 0 Å². The van der Waals surface area contributed by atoms with Gasteiger partial charge < -0.3 is 41.5 Å². The molecule has 0 aromatic heterocycles. The van der Waals surface area contributed by atoms with Gasteiger partial charge in [0.25, 0.3) is 0 Å². The summed E-state index contributed by atoms with van der Waals surface area (Å²) < 4.78 is 120. The zero-order valence-corrected chi connectivity index (χ0v) is 65.9. The molecular weight excluding hydrogens is 1250 g/mol. The summed E-state index contributed by atoms with van der Waals surface area (Å²) in [5.74, 6) is 0. The van der Waals surface area contributed by atoms with E-state index in [1.54, 1.807) is 0 Å². The van der Waals surface area contributed by atoms with Crippen LogP contribution in [0.4, 0.5) is 0 Å². The van der Waals surface area contributed by atoms with Crippen LogP contribution < -0.4 is 0 Å². The third-order valence-corrected chi connectivity index (χ3v) is 15.9. The van der Waals surface area contributed by atoms with E-state index < -0.39 is 31.2 Å². The van der Waals surface area contributed by atoms with Gasteiger partial charge in [-0.1, -0.05) is 388 Å². The third-order valence-electron chi connectivity index (χ3n) is 15.9. The molecule has 0 saturated heterocycles. The van der Waals surface area contributed by atoms with Gasteiger partial charge in [0, 0.05) is 70.8 Å². The van der Waals surface area contributed by atoms with Crippen molar-refractivity contribution in [3.05, 3.63) is 0 Å². The van der Waals surface area contributed by atoms with E-state index >= 15 is 0 Å². The Morgan fingerprint density at radius 2 is 0.228 bits per heavy atom. The van der Waals surface area contributed by atoms with Gasteiger partial charge in [-0.05, 0) is 38.5 Å². The van der Waals surface area contributed by atoms with Crippen LogP contribution in [-0.4, -0.2) is 127 Å². The maximum Gasteiger partial charge on any atom is 3.00 e. The first-order valence-corrected chi connectivity index (χ1v) is 42.0. The fourth-order valence-electron chi connectivity index (χ4n) is 10.5. The van der Waals surface area contributed by atoms with Crippen molar-refractivity contribution in [1.82, 2.24) is 0 Å². The fraction of sp³-hybridized carbons (Fsp3) is 1.00. The van der Waals surface area contributed by atoms with Gasteiger partial charge in [-0.15, -0.1) is 0 Å². The minimum atomic E-state index is -5.17. The SMILES string of the molecule is CCCCCCCCCCCCOCCCCCCCCCCCC.CCCCCCCCCCCCOCCCCCCCCCCCC.CCCCCCCCCCCCOCCCCCCCCCCCC.O=S(=O)([O-])[O-].O=S(=O)([O-])[O-].O=S(=O)([O-])[O-].[Al+3].[Al+3]. The molecular formula is C72H150Al2O15S3. The van der Waals surface area contributed by atoms with Gasteiger partial charge in [-0.25, -0.2) is 0 Å². The molecule has 0 rings (SSSR count). The third kappa shape index (κ3) is 164. The summed E-state index contributed by atoms with van der Waals surface area (Å²) in [6.07, 6.45) is 84.5. The zero-order chi connectivity index (χ0) is 68.3. The fourth-order valence-corrected chi connectivity index (χ4v) is 10.5. The standard InChI is InChI=1S/3C24H50O.2Al.3H2O4S/c3*1-3-5-7-9-11-13-15-17-19-21-23-25-24-22-20-18-16-14-12-10-8-6-4-2;;;3*1-5(2,3)4/h3*3-24H2,1-2H3;;;3*(H2,1,2,3,4)/q;;;2*+3;;;/p-6. The molecule has 552 valence electrons. The molecule has 0 aromatic carbocycles. The van der Waals surface area contributed by atoms with Gasteiger partial charge in [0.15, 0.2) is 0 Å². The molecule has 0 radical (unpaired) electrons. The van der Waals surface area contributed by atoms with E-state index in [-0.39, 0.29) is 34.7 Å². The molecule has 0 spiro atoms. The predicted octanol–water partition coefficient (Wildman–Crippen LogP) is 21.8. The molecule has 20 heteroatoms. The van der Waals surface area contributed by atoms with Crippen molar-refractivity contribution in [3.63, 3.8) is 0 Å². The molecule has 0 aliphatic carbocycles. The first-order valence-electron chi connectivity index (χ1n) is 38.0. The van der Waals surface area contributed by atoms with Crippen LogP contribution >= 0.6 is 0 Å². The Balaban J connectivity index is -0.000000170. The molecule has 0 N–H and O–H groups in total. The van der Waals surface area contributed by atoms with Crippen molar-refractivity contribution in [2.45, 2.75) is 427 Å². The normalized spacial score (nSPS) is 11.1. The van der Waals surface area contributed by atoms with Crippen LogP contribution in [0.5, 0.6) is 0 Å². The van der Waals surface area contributed by atoms with E-state index in [1.807, 2.05) is 0 Å². The summed E-state index contributed by atoms with van der Waals surface area (Å²) in [5, 5.41) is 0. The smallest absolute Gasteiger partial charge is 0.759 e. The van der Waals surface area contributed by atoms with Crippen molar-refractivity contribution in [3.8, 4) is 0 Å². The van der Waals surface area contributed by atoms with Gasteiger partial charge in [0.2, 0.25) is 0 Å². The van der Waals surface area contributed by atoms with Gasteiger partial charge in [0.05, 0.1) is 0 Å². The monoisotopic (exact) mass is 1400 g/mol.